The number of nitrogens with zero attached hydrogens (tertiary/aromatic N) is 3. The monoisotopic (exact) mass is 496 g/mol. The average molecular weight is 497 g/mol. The smallest absolute Gasteiger partial charge is 0.410 e. The minimum atomic E-state index is -4.66. The van der Waals surface area contributed by atoms with Gasteiger partial charge in [-0.2, -0.15) is 13.2 Å². The molecule has 3 fully saturated rings. The maximum absolute atomic E-state index is 13.5. The van der Waals surface area contributed by atoms with E-state index in [1.165, 1.54) is 12.1 Å². The van der Waals surface area contributed by atoms with Crippen molar-refractivity contribution in [1.29, 1.82) is 0 Å². The fraction of sp³-hybridized carbons (Fsp3) is 0.737. The second-order valence-corrected chi connectivity index (χ2v) is 8.87. The highest BCUT2D eigenvalue weighted by atomic mass is 32.2. The lowest BCUT2D eigenvalue weighted by atomic mass is 10.1. The molecule has 3 saturated heterocycles. The molecule has 0 radical (unpaired) electrons. The normalized spacial score (nSPS) is 25.8. The first-order valence-corrected chi connectivity index (χ1v) is 11.7. The lowest BCUT2D eigenvalue weighted by Crippen LogP contribution is -2.59. The van der Waals surface area contributed by atoms with Crippen LogP contribution in [0.15, 0.2) is 16.9 Å². The molecule has 0 saturated carbocycles. The van der Waals surface area contributed by atoms with Gasteiger partial charge in [-0.1, -0.05) is 0 Å². The molecule has 1 aromatic rings. The van der Waals surface area contributed by atoms with E-state index in [-0.39, 0.29) is 24.9 Å². The van der Waals surface area contributed by atoms with E-state index < -0.39 is 35.6 Å². The van der Waals surface area contributed by atoms with E-state index in [2.05, 4.69) is 10.3 Å². The summed E-state index contributed by atoms with van der Waals surface area (Å²) in [6, 6.07) is 0.784. The molecule has 1 aromatic heterocycles. The highest BCUT2D eigenvalue weighted by Gasteiger charge is 2.47. The summed E-state index contributed by atoms with van der Waals surface area (Å²) in [5.41, 5.74) is -0.00254. The summed E-state index contributed by atoms with van der Waals surface area (Å²) in [6.45, 7) is 6.18. The molecule has 4 rings (SSSR count). The van der Waals surface area contributed by atoms with Gasteiger partial charge in [0.1, 0.15) is 11.9 Å². The highest BCUT2D eigenvalue weighted by molar-refractivity contribution is 7.76. The van der Waals surface area contributed by atoms with Gasteiger partial charge < -0.3 is 34.1 Å². The zero-order chi connectivity index (χ0) is 24.0. The standard InChI is InChI=1S/C15H21F3N4O4S.C4H9NO/c1-10-9-26-5-4-21(10)11-6-13(19-14(23)7-11)22-3-2-20(27(24)25)8-12(22)15(16,17)18;1-3-6-4-2-5-1/h6-7,10,12H,2-5,8-9H2,1H3,(H,19,23)(H,24,25);5H,1-4H2/p-1/t10-,12?;/m1./s1. The molecule has 33 heavy (non-hydrogen) atoms. The number of rotatable bonds is 3. The van der Waals surface area contributed by atoms with Crippen LogP contribution in [0.4, 0.5) is 24.7 Å². The molecule has 14 heteroatoms. The van der Waals surface area contributed by atoms with Crippen LogP contribution in [-0.2, 0) is 20.7 Å². The molecule has 4 heterocycles. The Balaban J connectivity index is 0.000000442. The van der Waals surface area contributed by atoms with Gasteiger partial charge in [-0.15, -0.1) is 0 Å². The van der Waals surface area contributed by atoms with E-state index in [0.717, 1.165) is 35.5 Å². The fourth-order valence-corrected chi connectivity index (χ4v) is 4.42. The van der Waals surface area contributed by atoms with E-state index in [4.69, 9.17) is 9.47 Å². The Bertz CT molecular complexity index is 842. The topological polar surface area (TPSA) is 113 Å². The molecule has 3 aliphatic rings. The average Bonchev–Trinajstić information content (AvgIpc) is 2.79. The number of anilines is 2. The number of piperazine rings is 1. The molecule has 0 bridgehead atoms. The molecule has 0 aliphatic carbocycles. The molecule has 2 N–H and O–H groups in total. The van der Waals surface area contributed by atoms with Crippen molar-refractivity contribution in [3.05, 3.63) is 22.5 Å². The highest BCUT2D eigenvalue weighted by Crippen LogP contribution is 2.32. The van der Waals surface area contributed by atoms with Gasteiger partial charge in [0, 0.05) is 74.4 Å². The number of nitrogens with one attached hydrogen (secondary N) is 2. The van der Waals surface area contributed by atoms with Gasteiger partial charge in [0.05, 0.1) is 26.4 Å². The SMILES string of the molecule is C1COCCN1.C[C@@H]1COCCN1c1cc(N2CCN(S(=O)[O-])CC2C(F)(F)F)[nH]c(=O)c1. The van der Waals surface area contributed by atoms with Crippen molar-refractivity contribution >= 4 is 22.8 Å². The lowest BCUT2D eigenvalue weighted by Gasteiger charge is -2.43. The predicted octanol–water partition coefficient (Wildman–Crippen LogP) is 0.0532. The number of alkyl halides is 3. The van der Waals surface area contributed by atoms with Gasteiger partial charge in [-0.25, -0.2) is 4.31 Å². The van der Waals surface area contributed by atoms with Gasteiger partial charge in [0.25, 0.3) is 5.56 Å². The largest absolute Gasteiger partial charge is 0.760 e. The molecule has 0 spiro atoms. The van der Waals surface area contributed by atoms with Crippen molar-refractivity contribution in [2.45, 2.75) is 25.2 Å². The number of pyridine rings is 1. The van der Waals surface area contributed by atoms with Crippen molar-refractivity contribution in [1.82, 2.24) is 14.6 Å². The van der Waals surface area contributed by atoms with Crippen molar-refractivity contribution in [2.24, 2.45) is 0 Å². The number of ether oxygens (including phenoxy) is 2. The summed E-state index contributed by atoms with van der Waals surface area (Å²) in [5, 5.41) is 3.16. The third-order valence-corrected chi connectivity index (χ3v) is 6.35. The Morgan fingerprint density at radius 2 is 1.82 bits per heavy atom. The van der Waals surface area contributed by atoms with Crippen LogP contribution < -0.4 is 20.7 Å². The van der Waals surface area contributed by atoms with Crippen molar-refractivity contribution in [3.8, 4) is 0 Å². The Morgan fingerprint density at radius 1 is 1.09 bits per heavy atom. The Morgan fingerprint density at radius 3 is 2.36 bits per heavy atom. The molecule has 2 unspecified atom stereocenters. The number of hydrogen-bond acceptors (Lipinski definition) is 8. The van der Waals surface area contributed by atoms with Crippen LogP contribution in [0.25, 0.3) is 0 Å². The first kappa shape index (κ1) is 25.9. The predicted molar refractivity (Wildman–Crippen MR) is 116 cm³/mol. The summed E-state index contributed by atoms with van der Waals surface area (Å²) in [4.78, 5) is 17.5. The summed E-state index contributed by atoms with van der Waals surface area (Å²) >= 11 is -2.73. The lowest BCUT2D eigenvalue weighted by molar-refractivity contribution is -0.153. The zero-order valence-electron chi connectivity index (χ0n) is 18.3. The van der Waals surface area contributed by atoms with Crippen LogP contribution >= 0.6 is 0 Å². The molecule has 0 aromatic carbocycles. The van der Waals surface area contributed by atoms with Crippen LogP contribution in [0, 0.1) is 0 Å². The summed E-state index contributed by atoms with van der Waals surface area (Å²) in [5.74, 6) is 0.0230. The van der Waals surface area contributed by atoms with Crippen LogP contribution in [-0.4, -0.2) is 102 Å². The second-order valence-electron chi connectivity index (χ2n) is 7.92. The molecule has 0 amide bonds. The first-order chi connectivity index (χ1) is 15.7. The van der Waals surface area contributed by atoms with Crippen LogP contribution in [0.3, 0.4) is 0 Å². The molecular weight excluding hydrogens is 467 g/mol. The van der Waals surface area contributed by atoms with E-state index in [0.29, 0.717) is 25.4 Å². The third-order valence-electron chi connectivity index (χ3n) is 5.60. The summed E-state index contributed by atoms with van der Waals surface area (Å²) in [7, 11) is 0. The Hall–Kier alpha value is -1.71. The van der Waals surface area contributed by atoms with Crippen LogP contribution in [0.5, 0.6) is 0 Å². The van der Waals surface area contributed by atoms with E-state index >= 15 is 0 Å². The molecular formula is C19H29F3N5O5S-. The maximum Gasteiger partial charge on any atom is 0.410 e. The first-order valence-electron chi connectivity index (χ1n) is 10.7. The van der Waals surface area contributed by atoms with E-state index in [1.807, 2.05) is 11.8 Å². The van der Waals surface area contributed by atoms with Gasteiger partial charge >= 0.3 is 6.18 Å². The van der Waals surface area contributed by atoms with E-state index in [1.54, 1.807) is 0 Å². The summed E-state index contributed by atoms with van der Waals surface area (Å²) < 4.78 is 73.9. The van der Waals surface area contributed by atoms with Crippen LogP contribution in [0.1, 0.15) is 6.92 Å². The fourth-order valence-electron chi connectivity index (χ4n) is 3.92. The van der Waals surface area contributed by atoms with Crippen molar-refractivity contribution in [2.75, 3.05) is 75.5 Å². The quantitative estimate of drug-likeness (QED) is 0.565. The Labute approximate surface area is 192 Å². The number of hydrogen-bond donors (Lipinski definition) is 2. The minimum Gasteiger partial charge on any atom is -0.760 e. The number of morpholine rings is 2. The van der Waals surface area contributed by atoms with Crippen LogP contribution in [0.2, 0.25) is 0 Å². The number of aromatic nitrogens is 1. The molecule has 3 aliphatic heterocycles. The summed E-state index contributed by atoms with van der Waals surface area (Å²) in [6.07, 6.45) is -4.66. The zero-order valence-corrected chi connectivity index (χ0v) is 19.1. The number of halogens is 3. The van der Waals surface area contributed by atoms with Gasteiger partial charge in [0.2, 0.25) is 0 Å². The van der Waals surface area contributed by atoms with Gasteiger partial charge in [-0.05, 0) is 6.92 Å². The van der Waals surface area contributed by atoms with Crippen molar-refractivity contribution < 1.29 is 31.4 Å². The molecule has 10 nitrogen and oxygen atoms in total. The number of aromatic amines is 1. The molecule has 3 atom stereocenters. The van der Waals surface area contributed by atoms with Crippen molar-refractivity contribution in [3.63, 3.8) is 0 Å². The number of H-pyrrole nitrogens is 1. The third kappa shape index (κ3) is 7.13. The molecule has 188 valence electrons. The Kier molecular flexibility index (Phi) is 9.12. The van der Waals surface area contributed by atoms with Gasteiger partial charge in [-0.3, -0.25) is 9.00 Å². The minimum absolute atomic E-state index is 0.0217. The van der Waals surface area contributed by atoms with Gasteiger partial charge in [0.15, 0.2) is 0 Å². The maximum atomic E-state index is 13.5. The van der Waals surface area contributed by atoms with E-state index in [9.17, 15) is 26.7 Å². The second kappa shape index (κ2) is 11.6.